The zero-order chi connectivity index (χ0) is 17.5. The molecule has 0 fully saturated rings. The largest absolute Gasteiger partial charge is 0.370 e. The molecule has 0 unspecified atom stereocenters. The fourth-order valence-electron chi connectivity index (χ4n) is 2.74. The Morgan fingerprint density at radius 1 is 0.880 bits per heavy atom. The highest BCUT2D eigenvalue weighted by molar-refractivity contribution is 5.61. The van der Waals surface area contributed by atoms with Crippen LogP contribution in [0.2, 0.25) is 0 Å². The maximum absolute atomic E-state index is 4.83. The molecule has 0 radical (unpaired) electrons. The summed E-state index contributed by atoms with van der Waals surface area (Å²) in [6.45, 7) is 6.76. The Hall–Kier alpha value is -2.88. The molecule has 0 aliphatic rings. The lowest BCUT2D eigenvalue weighted by molar-refractivity contribution is 0.811. The second-order valence-electron chi connectivity index (χ2n) is 5.83. The average molecular weight is 332 g/mol. The van der Waals surface area contributed by atoms with Crippen molar-refractivity contribution in [2.75, 3.05) is 23.3 Å². The van der Waals surface area contributed by atoms with Crippen LogP contribution in [0.5, 0.6) is 0 Å². The van der Waals surface area contributed by atoms with Crippen LogP contribution in [0.15, 0.2) is 66.7 Å². The number of hydrogen-bond donors (Lipinski definition) is 1. The Kier molecular flexibility index (Phi) is 5.62. The molecule has 0 saturated carbocycles. The zero-order valence-electron chi connectivity index (χ0n) is 14.8. The van der Waals surface area contributed by atoms with Crippen LogP contribution in [0.4, 0.5) is 11.6 Å². The summed E-state index contributed by atoms with van der Waals surface area (Å²) in [6.07, 6.45) is 0. The molecule has 3 aromatic rings. The molecule has 0 bridgehead atoms. The van der Waals surface area contributed by atoms with E-state index < -0.39 is 0 Å². The van der Waals surface area contributed by atoms with Crippen LogP contribution in [0.25, 0.3) is 11.4 Å². The number of nitrogens with one attached hydrogen (secondary N) is 1. The summed E-state index contributed by atoms with van der Waals surface area (Å²) in [5.41, 5.74) is 2.30. The fourth-order valence-corrected chi connectivity index (χ4v) is 2.74. The first-order chi connectivity index (χ1) is 12.3. The predicted octanol–water partition coefficient (Wildman–Crippen LogP) is 4.60. The molecule has 0 spiro atoms. The van der Waals surface area contributed by atoms with Crippen LogP contribution in [0.3, 0.4) is 0 Å². The van der Waals surface area contributed by atoms with Gasteiger partial charge in [0.05, 0.1) is 0 Å². The lowest BCUT2D eigenvalue weighted by Gasteiger charge is -2.23. The van der Waals surface area contributed by atoms with E-state index in [1.54, 1.807) is 0 Å². The number of anilines is 2. The summed E-state index contributed by atoms with van der Waals surface area (Å²) >= 11 is 0. The summed E-state index contributed by atoms with van der Waals surface area (Å²) in [4.78, 5) is 11.8. The van der Waals surface area contributed by atoms with E-state index in [4.69, 9.17) is 4.98 Å². The SMILES string of the molecule is CCNc1cc(N(CC)Cc2ccccc2)nc(-c2ccccc2)n1. The summed E-state index contributed by atoms with van der Waals surface area (Å²) in [5.74, 6) is 2.55. The summed E-state index contributed by atoms with van der Waals surface area (Å²) in [5, 5.41) is 3.32. The second kappa shape index (κ2) is 8.29. The highest BCUT2D eigenvalue weighted by Crippen LogP contribution is 2.23. The van der Waals surface area contributed by atoms with Crippen LogP contribution >= 0.6 is 0 Å². The summed E-state index contributed by atoms with van der Waals surface area (Å²) < 4.78 is 0. The maximum atomic E-state index is 4.83. The topological polar surface area (TPSA) is 41.0 Å². The Balaban J connectivity index is 1.96. The monoisotopic (exact) mass is 332 g/mol. The van der Waals surface area contributed by atoms with Gasteiger partial charge in [-0.1, -0.05) is 60.7 Å². The van der Waals surface area contributed by atoms with Crippen LogP contribution in [0.1, 0.15) is 19.4 Å². The summed E-state index contributed by atoms with van der Waals surface area (Å²) in [6, 6.07) is 22.6. The minimum atomic E-state index is 0.751. The molecular weight excluding hydrogens is 308 g/mol. The molecule has 0 aliphatic heterocycles. The van der Waals surface area contributed by atoms with E-state index in [0.29, 0.717) is 0 Å². The highest BCUT2D eigenvalue weighted by Gasteiger charge is 2.12. The molecular formula is C21H24N4. The molecule has 0 atom stereocenters. The van der Waals surface area contributed by atoms with Gasteiger partial charge in [0, 0.05) is 31.3 Å². The number of rotatable bonds is 7. The Bertz CT molecular complexity index is 788. The third kappa shape index (κ3) is 4.35. The van der Waals surface area contributed by atoms with Gasteiger partial charge in [0.25, 0.3) is 0 Å². The van der Waals surface area contributed by atoms with Crippen molar-refractivity contribution in [3.8, 4) is 11.4 Å². The number of nitrogens with zero attached hydrogens (tertiary/aromatic N) is 3. The Morgan fingerprint density at radius 2 is 1.56 bits per heavy atom. The molecule has 4 nitrogen and oxygen atoms in total. The maximum Gasteiger partial charge on any atom is 0.163 e. The van der Waals surface area contributed by atoms with Gasteiger partial charge in [-0.05, 0) is 19.4 Å². The van der Waals surface area contributed by atoms with Crippen molar-refractivity contribution in [2.45, 2.75) is 20.4 Å². The molecule has 1 aromatic heterocycles. The van der Waals surface area contributed by atoms with Crippen molar-refractivity contribution in [1.82, 2.24) is 9.97 Å². The van der Waals surface area contributed by atoms with Crippen LogP contribution in [-0.4, -0.2) is 23.1 Å². The van der Waals surface area contributed by atoms with Crippen LogP contribution in [0, 0.1) is 0 Å². The van der Waals surface area contributed by atoms with Gasteiger partial charge in [0.1, 0.15) is 11.6 Å². The smallest absolute Gasteiger partial charge is 0.163 e. The fraction of sp³-hybridized carbons (Fsp3) is 0.238. The normalized spacial score (nSPS) is 10.5. The number of aromatic nitrogens is 2. The molecule has 128 valence electrons. The minimum Gasteiger partial charge on any atom is -0.370 e. The molecule has 1 N–H and O–H groups in total. The van der Waals surface area contributed by atoms with Crippen molar-refractivity contribution in [3.63, 3.8) is 0 Å². The lowest BCUT2D eigenvalue weighted by atomic mass is 10.2. The zero-order valence-corrected chi connectivity index (χ0v) is 14.8. The predicted molar refractivity (Wildman–Crippen MR) is 105 cm³/mol. The van der Waals surface area contributed by atoms with E-state index in [-0.39, 0.29) is 0 Å². The van der Waals surface area contributed by atoms with Gasteiger partial charge in [-0.15, -0.1) is 0 Å². The third-order valence-electron chi connectivity index (χ3n) is 4.02. The quantitative estimate of drug-likeness (QED) is 0.686. The van der Waals surface area contributed by atoms with Gasteiger partial charge >= 0.3 is 0 Å². The van der Waals surface area contributed by atoms with Crippen molar-refractivity contribution >= 4 is 11.6 Å². The molecule has 0 amide bonds. The van der Waals surface area contributed by atoms with Gasteiger partial charge in [0.15, 0.2) is 5.82 Å². The number of hydrogen-bond acceptors (Lipinski definition) is 4. The second-order valence-corrected chi connectivity index (χ2v) is 5.83. The average Bonchev–Trinajstić information content (AvgIpc) is 2.67. The number of benzene rings is 2. The lowest BCUT2D eigenvalue weighted by Crippen LogP contribution is -2.23. The molecule has 0 aliphatic carbocycles. The first-order valence-electron chi connectivity index (χ1n) is 8.77. The van der Waals surface area contributed by atoms with Gasteiger partial charge in [-0.25, -0.2) is 9.97 Å². The Labute approximate surface area is 149 Å². The van der Waals surface area contributed by atoms with Gasteiger partial charge in [-0.3, -0.25) is 0 Å². The van der Waals surface area contributed by atoms with E-state index in [9.17, 15) is 0 Å². The third-order valence-corrected chi connectivity index (χ3v) is 4.02. The van der Waals surface area contributed by atoms with Crippen LogP contribution in [-0.2, 0) is 6.54 Å². The molecule has 3 rings (SSSR count). The van der Waals surface area contributed by atoms with Crippen LogP contribution < -0.4 is 10.2 Å². The Morgan fingerprint density at radius 3 is 2.20 bits per heavy atom. The van der Waals surface area contributed by atoms with Crippen molar-refractivity contribution in [1.29, 1.82) is 0 Å². The summed E-state index contributed by atoms with van der Waals surface area (Å²) in [7, 11) is 0. The minimum absolute atomic E-state index is 0.751. The van der Waals surface area contributed by atoms with E-state index in [2.05, 4.69) is 53.3 Å². The molecule has 4 heteroatoms. The van der Waals surface area contributed by atoms with E-state index >= 15 is 0 Å². The van der Waals surface area contributed by atoms with E-state index in [1.165, 1.54) is 5.56 Å². The van der Waals surface area contributed by atoms with Crippen molar-refractivity contribution in [2.24, 2.45) is 0 Å². The molecule has 0 saturated heterocycles. The van der Waals surface area contributed by atoms with Gasteiger partial charge < -0.3 is 10.2 Å². The molecule has 2 aromatic carbocycles. The van der Waals surface area contributed by atoms with E-state index in [1.807, 2.05) is 42.5 Å². The van der Waals surface area contributed by atoms with Crippen molar-refractivity contribution < 1.29 is 0 Å². The van der Waals surface area contributed by atoms with Crippen molar-refractivity contribution in [3.05, 3.63) is 72.3 Å². The highest BCUT2D eigenvalue weighted by atomic mass is 15.2. The van der Waals surface area contributed by atoms with Gasteiger partial charge in [0.2, 0.25) is 0 Å². The van der Waals surface area contributed by atoms with Gasteiger partial charge in [-0.2, -0.15) is 0 Å². The van der Waals surface area contributed by atoms with E-state index in [0.717, 1.165) is 42.7 Å². The first-order valence-corrected chi connectivity index (χ1v) is 8.77. The first kappa shape index (κ1) is 17.0. The molecule has 1 heterocycles. The standard InChI is InChI=1S/C21H24N4/c1-3-22-19-15-20(24-21(23-19)18-13-9-6-10-14-18)25(4-2)16-17-11-7-5-8-12-17/h5-15H,3-4,16H2,1-2H3,(H,22,23,24). The molecule has 25 heavy (non-hydrogen) atoms.